The molecule has 0 amide bonds. The van der Waals surface area contributed by atoms with Crippen molar-refractivity contribution in [1.29, 1.82) is 0 Å². The first-order valence-corrected chi connectivity index (χ1v) is 2.47. The fraction of sp³-hybridized carbons (Fsp3) is 0.600. The lowest BCUT2D eigenvalue weighted by molar-refractivity contribution is 0.138. The summed E-state index contributed by atoms with van der Waals surface area (Å²) in [5.74, 6) is 0. The highest BCUT2D eigenvalue weighted by Gasteiger charge is 1.81. The van der Waals surface area contributed by atoms with Crippen LogP contribution in [-0.4, -0.2) is 6.61 Å². The van der Waals surface area contributed by atoms with Gasteiger partial charge in [-0.15, -0.1) is 11.5 Å². The van der Waals surface area contributed by atoms with Crippen LogP contribution in [0.2, 0.25) is 0 Å². The standard InChI is InChI=1S/C5H9NO2/c1-2-3-4-5-8-6-7/h2H,1,3-5H2. The number of rotatable bonds is 5. The molecule has 3 heteroatoms. The van der Waals surface area contributed by atoms with E-state index in [1.165, 1.54) is 0 Å². The Morgan fingerprint density at radius 3 is 3.00 bits per heavy atom. The van der Waals surface area contributed by atoms with Crippen LogP contribution in [0.25, 0.3) is 0 Å². The van der Waals surface area contributed by atoms with Crippen molar-refractivity contribution in [2.45, 2.75) is 12.8 Å². The fourth-order valence-corrected chi connectivity index (χ4v) is 0.329. The van der Waals surface area contributed by atoms with Crippen molar-refractivity contribution in [3.63, 3.8) is 0 Å². The summed E-state index contributed by atoms with van der Waals surface area (Å²) in [5.41, 5.74) is 0. The zero-order valence-corrected chi connectivity index (χ0v) is 4.67. The maximum atomic E-state index is 9.27. The molecule has 46 valence electrons. The molecule has 0 aliphatic heterocycles. The van der Waals surface area contributed by atoms with Crippen LogP contribution in [0.5, 0.6) is 0 Å². The Morgan fingerprint density at radius 2 is 2.50 bits per heavy atom. The van der Waals surface area contributed by atoms with Gasteiger partial charge in [-0.3, -0.25) is 0 Å². The highest BCUT2D eigenvalue weighted by molar-refractivity contribution is 4.64. The Labute approximate surface area is 48.3 Å². The van der Waals surface area contributed by atoms with Crippen LogP contribution >= 0.6 is 0 Å². The predicted octanol–water partition coefficient (Wildman–Crippen LogP) is 1.65. The van der Waals surface area contributed by atoms with Crippen molar-refractivity contribution in [2.75, 3.05) is 6.61 Å². The zero-order valence-electron chi connectivity index (χ0n) is 4.67. The minimum absolute atomic E-state index is 0.398. The van der Waals surface area contributed by atoms with E-state index in [-0.39, 0.29) is 0 Å². The second-order valence-electron chi connectivity index (χ2n) is 1.34. The highest BCUT2D eigenvalue weighted by Crippen LogP contribution is 1.89. The molecule has 8 heavy (non-hydrogen) atoms. The van der Waals surface area contributed by atoms with Gasteiger partial charge in [-0.05, 0) is 12.8 Å². The zero-order chi connectivity index (χ0) is 6.24. The van der Waals surface area contributed by atoms with Crippen LogP contribution in [0.15, 0.2) is 18.0 Å². The van der Waals surface area contributed by atoms with Crippen LogP contribution in [0.3, 0.4) is 0 Å². The van der Waals surface area contributed by atoms with Gasteiger partial charge in [-0.2, -0.15) is 0 Å². The number of nitrogens with zero attached hydrogens (tertiary/aromatic N) is 1. The molecule has 0 rings (SSSR count). The predicted molar refractivity (Wildman–Crippen MR) is 31.2 cm³/mol. The summed E-state index contributed by atoms with van der Waals surface area (Å²) in [5, 5.41) is 2.22. The van der Waals surface area contributed by atoms with E-state index >= 15 is 0 Å². The molecule has 0 aromatic carbocycles. The molecule has 0 unspecified atom stereocenters. The van der Waals surface area contributed by atoms with Crippen molar-refractivity contribution in [1.82, 2.24) is 0 Å². The molecule has 0 aromatic heterocycles. The fourth-order valence-electron chi connectivity index (χ4n) is 0.329. The quantitative estimate of drug-likeness (QED) is 0.236. The maximum absolute atomic E-state index is 9.27. The van der Waals surface area contributed by atoms with Gasteiger partial charge in [0.15, 0.2) is 5.34 Å². The Morgan fingerprint density at radius 1 is 1.75 bits per heavy atom. The van der Waals surface area contributed by atoms with E-state index in [0.717, 1.165) is 12.8 Å². The number of unbranched alkanes of at least 4 members (excludes halogenated alkanes) is 1. The highest BCUT2D eigenvalue weighted by atomic mass is 16.7. The van der Waals surface area contributed by atoms with E-state index in [0.29, 0.717) is 6.61 Å². The van der Waals surface area contributed by atoms with E-state index in [1.807, 2.05) is 0 Å². The number of hydrogen-bond acceptors (Lipinski definition) is 3. The van der Waals surface area contributed by atoms with E-state index in [9.17, 15) is 4.91 Å². The van der Waals surface area contributed by atoms with Gasteiger partial charge in [0.1, 0.15) is 6.61 Å². The maximum Gasteiger partial charge on any atom is 0.155 e. The van der Waals surface area contributed by atoms with E-state index in [1.54, 1.807) is 6.08 Å². The van der Waals surface area contributed by atoms with Crippen molar-refractivity contribution in [2.24, 2.45) is 5.34 Å². The van der Waals surface area contributed by atoms with Crippen LogP contribution < -0.4 is 0 Å². The smallest absolute Gasteiger partial charge is 0.155 e. The summed E-state index contributed by atoms with van der Waals surface area (Å²) in [6.45, 7) is 3.89. The minimum Gasteiger partial charge on any atom is -0.364 e. The third-order valence-electron chi connectivity index (χ3n) is 0.697. The molecule has 0 aliphatic rings. The van der Waals surface area contributed by atoms with Gasteiger partial charge in [0.25, 0.3) is 0 Å². The molecular formula is C5H9NO2. The molecule has 0 heterocycles. The van der Waals surface area contributed by atoms with E-state index < -0.39 is 0 Å². The normalized spacial score (nSPS) is 8.00. The largest absolute Gasteiger partial charge is 0.364 e. The van der Waals surface area contributed by atoms with Crippen molar-refractivity contribution in [3.05, 3.63) is 17.6 Å². The summed E-state index contributed by atoms with van der Waals surface area (Å²) in [4.78, 5) is 13.4. The third-order valence-corrected chi connectivity index (χ3v) is 0.697. The molecule has 0 saturated carbocycles. The Bertz CT molecular complexity index is 62.8. The summed E-state index contributed by atoms with van der Waals surface area (Å²) in [6, 6.07) is 0. The minimum atomic E-state index is 0.398. The van der Waals surface area contributed by atoms with Gasteiger partial charge in [-0.25, -0.2) is 0 Å². The molecule has 0 radical (unpaired) electrons. The average Bonchev–Trinajstić information content (AvgIpc) is 1.81. The molecule has 0 fully saturated rings. The van der Waals surface area contributed by atoms with Gasteiger partial charge >= 0.3 is 0 Å². The van der Waals surface area contributed by atoms with Gasteiger partial charge < -0.3 is 4.84 Å². The first-order chi connectivity index (χ1) is 3.91. The van der Waals surface area contributed by atoms with Crippen molar-refractivity contribution in [3.8, 4) is 0 Å². The first-order valence-electron chi connectivity index (χ1n) is 2.47. The Balaban J connectivity index is 2.71. The summed E-state index contributed by atoms with van der Waals surface area (Å²) >= 11 is 0. The summed E-state index contributed by atoms with van der Waals surface area (Å²) in [6.07, 6.45) is 3.46. The van der Waals surface area contributed by atoms with Gasteiger partial charge in [0, 0.05) is 0 Å². The summed E-state index contributed by atoms with van der Waals surface area (Å²) < 4.78 is 0. The lowest BCUT2D eigenvalue weighted by Crippen LogP contribution is -1.83. The molecule has 0 aromatic rings. The average molecular weight is 115 g/mol. The van der Waals surface area contributed by atoms with Crippen LogP contribution in [0, 0.1) is 4.91 Å². The SMILES string of the molecule is C=CCCCON=O. The van der Waals surface area contributed by atoms with E-state index in [4.69, 9.17) is 0 Å². The second-order valence-corrected chi connectivity index (χ2v) is 1.34. The van der Waals surface area contributed by atoms with Crippen LogP contribution in [0.1, 0.15) is 12.8 Å². The molecule has 0 bridgehead atoms. The molecule has 3 nitrogen and oxygen atoms in total. The lowest BCUT2D eigenvalue weighted by Gasteiger charge is -1.89. The molecule has 0 spiro atoms. The Hall–Kier alpha value is -0.860. The lowest BCUT2D eigenvalue weighted by atomic mass is 10.3. The number of allylic oxidation sites excluding steroid dienone is 1. The van der Waals surface area contributed by atoms with Gasteiger partial charge in [-0.1, -0.05) is 6.08 Å². The monoisotopic (exact) mass is 115 g/mol. The topological polar surface area (TPSA) is 38.7 Å². The molecule has 0 aliphatic carbocycles. The summed E-state index contributed by atoms with van der Waals surface area (Å²) in [7, 11) is 0. The third kappa shape index (κ3) is 5.14. The van der Waals surface area contributed by atoms with Crippen molar-refractivity contribution < 1.29 is 4.84 Å². The van der Waals surface area contributed by atoms with E-state index in [2.05, 4.69) is 16.8 Å². The van der Waals surface area contributed by atoms with Gasteiger partial charge in [0.05, 0.1) is 0 Å². The molecule has 0 atom stereocenters. The Kier molecular flexibility index (Phi) is 5.48. The van der Waals surface area contributed by atoms with Crippen LogP contribution in [-0.2, 0) is 4.84 Å². The van der Waals surface area contributed by atoms with Crippen molar-refractivity contribution >= 4 is 0 Å². The van der Waals surface area contributed by atoms with Crippen LogP contribution in [0.4, 0.5) is 0 Å². The molecular weight excluding hydrogens is 106 g/mol. The molecule has 0 N–H and O–H groups in total. The van der Waals surface area contributed by atoms with Gasteiger partial charge in [0.2, 0.25) is 0 Å². The molecule has 0 saturated heterocycles. The second kappa shape index (κ2) is 6.14. The first kappa shape index (κ1) is 7.14. The number of hydrogen-bond donors (Lipinski definition) is 0.